The lowest BCUT2D eigenvalue weighted by atomic mass is 10.1. The zero-order valence-electron chi connectivity index (χ0n) is 7.07. The van der Waals surface area contributed by atoms with Gasteiger partial charge in [-0.05, 0) is 18.9 Å². The fourth-order valence-electron chi connectivity index (χ4n) is 1.57. The van der Waals surface area contributed by atoms with Crippen molar-refractivity contribution in [2.75, 3.05) is 18.0 Å². The quantitative estimate of drug-likeness (QED) is 0.681. The van der Waals surface area contributed by atoms with E-state index < -0.39 is 0 Å². The highest BCUT2D eigenvalue weighted by atomic mass is 16.3. The molecular formula is C9H14N2O. The van der Waals surface area contributed by atoms with Crippen LogP contribution in [0.2, 0.25) is 0 Å². The van der Waals surface area contributed by atoms with Crippen LogP contribution in [-0.2, 0) is 0 Å². The highest BCUT2D eigenvalue weighted by molar-refractivity contribution is 5.34. The number of hydrogen-bond acceptors (Lipinski definition) is 3. The molecule has 2 rings (SSSR count). The minimum absolute atomic E-state index is 0.385. The molecule has 0 amide bonds. The number of furan rings is 1. The van der Waals surface area contributed by atoms with Crippen LogP contribution < -0.4 is 10.6 Å². The van der Waals surface area contributed by atoms with Crippen molar-refractivity contribution in [3.05, 3.63) is 18.4 Å². The van der Waals surface area contributed by atoms with E-state index >= 15 is 0 Å². The lowest BCUT2D eigenvalue weighted by Gasteiger charge is -2.29. The predicted molar refractivity (Wildman–Crippen MR) is 48.1 cm³/mol. The van der Waals surface area contributed by atoms with E-state index in [-0.39, 0.29) is 0 Å². The van der Waals surface area contributed by atoms with Gasteiger partial charge in [-0.1, -0.05) is 0 Å². The van der Waals surface area contributed by atoms with Crippen molar-refractivity contribution in [2.24, 2.45) is 5.73 Å². The maximum absolute atomic E-state index is 5.79. The largest absolute Gasteiger partial charge is 0.449 e. The van der Waals surface area contributed by atoms with Gasteiger partial charge >= 0.3 is 0 Å². The summed E-state index contributed by atoms with van der Waals surface area (Å²) in [5, 5.41) is 0. The molecule has 0 unspecified atom stereocenters. The number of hydrogen-bond donors (Lipinski definition) is 1. The molecule has 0 spiro atoms. The zero-order valence-corrected chi connectivity index (χ0v) is 7.07. The van der Waals surface area contributed by atoms with Crippen molar-refractivity contribution in [3.63, 3.8) is 0 Å². The Morgan fingerprint density at radius 1 is 1.42 bits per heavy atom. The minimum atomic E-state index is 0.385. The first-order valence-electron chi connectivity index (χ1n) is 4.40. The van der Waals surface area contributed by atoms with Gasteiger partial charge in [-0.15, -0.1) is 0 Å². The van der Waals surface area contributed by atoms with Gasteiger partial charge in [0.2, 0.25) is 0 Å². The Kier molecular flexibility index (Phi) is 2.04. The summed E-state index contributed by atoms with van der Waals surface area (Å²) in [6.45, 7) is 2.04. The zero-order chi connectivity index (χ0) is 8.39. The van der Waals surface area contributed by atoms with E-state index in [9.17, 15) is 0 Å². The molecular weight excluding hydrogens is 152 g/mol. The van der Waals surface area contributed by atoms with Gasteiger partial charge in [-0.25, -0.2) is 0 Å². The summed E-state index contributed by atoms with van der Waals surface area (Å²) in [6.07, 6.45) is 3.85. The first-order chi connectivity index (χ1) is 5.86. The van der Waals surface area contributed by atoms with Gasteiger partial charge in [0.15, 0.2) is 5.88 Å². The summed E-state index contributed by atoms with van der Waals surface area (Å²) in [5.41, 5.74) is 5.79. The third-order valence-electron chi connectivity index (χ3n) is 2.36. The van der Waals surface area contributed by atoms with Gasteiger partial charge in [-0.3, -0.25) is 0 Å². The summed E-state index contributed by atoms with van der Waals surface area (Å²) < 4.78 is 5.29. The molecule has 12 heavy (non-hydrogen) atoms. The van der Waals surface area contributed by atoms with Crippen LogP contribution in [-0.4, -0.2) is 19.1 Å². The van der Waals surface area contributed by atoms with Crippen LogP contribution in [0.25, 0.3) is 0 Å². The Morgan fingerprint density at radius 3 is 2.75 bits per heavy atom. The van der Waals surface area contributed by atoms with Gasteiger partial charge < -0.3 is 15.1 Å². The second-order valence-corrected chi connectivity index (χ2v) is 3.28. The standard InChI is InChI=1S/C9H14N2O/c10-8-3-5-11(6-4-8)9-2-1-7-12-9/h1-2,7-8H,3-6,10H2. The van der Waals surface area contributed by atoms with Crippen molar-refractivity contribution in [3.8, 4) is 0 Å². The molecule has 66 valence electrons. The van der Waals surface area contributed by atoms with Gasteiger partial charge in [-0.2, -0.15) is 0 Å². The van der Waals surface area contributed by atoms with Gasteiger partial charge in [0.05, 0.1) is 6.26 Å². The maximum Gasteiger partial charge on any atom is 0.195 e. The Morgan fingerprint density at radius 2 is 2.17 bits per heavy atom. The Balaban J connectivity index is 1.99. The SMILES string of the molecule is NC1CCN(c2ccco2)CC1. The van der Waals surface area contributed by atoms with Crippen LogP contribution in [0, 0.1) is 0 Å². The molecule has 2 N–H and O–H groups in total. The van der Waals surface area contributed by atoms with Crippen LogP contribution in [0.5, 0.6) is 0 Å². The molecule has 0 aromatic carbocycles. The van der Waals surface area contributed by atoms with Crippen molar-refractivity contribution in [1.82, 2.24) is 0 Å². The van der Waals surface area contributed by atoms with Crippen LogP contribution >= 0.6 is 0 Å². The average Bonchev–Trinajstić information content (AvgIpc) is 2.58. The van der Waals surface area contributed by atoms with E-state index in [1.54, 1.807) is 6.26 Å². The predicted octanol–water partition coefficient (Wildman–Crippen LogP) is 1.21. The third kappa shape index (κ3) is 1.46. The lowest BCUT2D eigenvalue weighted by Crippen LogP contribution is -2.39. The molecule has 0 aliphatic carbocycles. The molecule has 0 atom stereocenters. The van der Waals surface area contributed by atoms with Crippen LogP contribution in [0.4, 0.5) is 5.88 Å². The van der Waals surface area contributed by atoms with Gasteiger partial charge in [0, 0.05) is 25.2 Å². The third-order valence-corrected chi connectivity index (χ3v) is 2.36. The molecule has 3 heteroatoms. The molecule has 1 fully saturated rings. The Labute approximate surface area is 72.1 Å². The highest BCUT2D eigenvalue weighted by Crippen LogP contribution is 2.19. The van der Waals surface area contributed by atoms with Crippen LogP contribution in [0.3, 0.4) is 0 Å². The van der Waals surface area contributed by atoms with Crippen molar-refractivity contribution in [1.29, 1.82) is 0 Å². The summed E-state index contributed by atoms with van der Waals surface area (Å²) >= 11 is 0. The van der Waals surface area contributed by atoms with Gasteiger partial charge in [0.25, 0.3) is 0 Å². The number of nitrogens with zero attached hydrogens (tertiary/aromatic N) is 1. The lowest BCUT2D eigenvalue weighted by molar-refractivity contribution is 0.463. The number of rotatable bonds is 1. The minimum Gasteiger partial charge on any atom is -0.449 e. The average molecular weight is 166 g/mol. The number of anilines is 1. The topological polar surface area (TPSA) is 42.4 Å². The number of piperidine rings is 1. The second kappa shape index (κ2) is 3.19. The molecule has 2 heterocycles. The van der Waals surface area contributed by atoms with Crippen molar-refractivity contribution >= 4 is 5.88 Å². The first-order valence-corrected chi connectivity index (χ1v) is 4.40. The highest BCUT2D eigenvalue weighted by Gasteiger charge is 2.17. The summed E-state index contributed by atoms with van der Waals surface area (Å²) in [5.74, 6) is 0.974. The fourth-order valence-corrected chi connectivity index (χ4v) is 1.57. The number of nitrogens with two attached hydrogens (primary N) is 1. The second-order valence-electron chi connectivity index (χ2n) is 3.28. The van der Waals surface area contributed by atoms with E-state index in [0.717, 1.165) is 31.8 Å². The normalized spacial score (nSPS) is 19.9. The monoisotopic (exact) mass is 166 g/mol. The van der Waals surface area contributed by atoms with Crippen molar-refractivity contribution < 1.29 is 4.42 Å². The molecule has 3 nitrogen and oxygen atoms in total. The van der Waals surface area contributed by atoms with Crippen LogP contribution in [0.1, 0.15) is 12.8 Å². The smallest absolute Gasteiger partial charge is 0.195 e. The van der Waals surface area contributed by atoms with E-state index in [4.69, 9.17) is 10.2 Å². The van der Waals surface area contributed by atoms with E-state index in [1.807, 2.05) is 12.1 Å². The molecule has 0 saturated carbocycles. The molecule has 0 radical (unpaired) electrons. The molecule has 0 bridgehead atoms. The van der Waals surface area contributed by atoms with E-state index in [2.05, 4.69) is 4.90 Å². The summed E-state index contributed by atoms with van der Waals surface area (Å²) in [7, 11) is 0. The molecule has 1 aromatic heterocycles. The Bertz CT molecular complexity index is 225. The van der Waals surface area contributed by atoms with E-state index in [0.29, 0.717) is 6.04 Å². The Hall–Kier alpha value is -0.960. The van der Waals surface area contributed by atoms with Gasteiger partial charge in [0.1, 0.15) is 0 Å². The van der Waals surface area contributed by atoms with Crippen molar-refractivity contribution in [2.45, 2.75) is 18.9 Å². The fraction of sp³-hybridized carbons (Fsp3) is 0.556. The van der Waals surface area contributed by atoms with E-state index in [1.165, 1.54) is 0 Å². The summed E-state index contributed by atoms with van der Waals surface area (Å²) in [4.78, 5) is 2.24. The molecule has 1 aliphatic rings. The maximum atomic E-state index is 5.79. The molecule has 1 saturated heterocycles. The van der Waals surface area contributed by atoms with Crippen LogP contribution in [0.15, 0.2) is 22.8 Å². The molecule has 1 aromatic rings. The molecule has 1 aliphatic heterocycles. The first kappa shape index (κ1) is 7.68. The summed E-state index contributed by atoms with van der Waals surface area (Å²) in [6, 6.07) is 4.30.